The van der Waals surface area contributed by atoms with Crippen molar-refractivity contribution in [3.63, 3.8) is 0 Å². The lowest BCUT2D eigenvalue weighted by atomic mass is 10.0. The summed E-state index contributed by atoms with van der Waals surface area (Å²) in [4.78, 5) is 0. The highest BCUT2D eigenvalue weighted by molar-refractivity contribution is 5.47. The normalized spacial score (nSPS) is 11.6. The summed E-state index contributed by atoms with van der Waals surface area (Å²) in [7, 11) is 1.65. The van der Waals surface area contributed by atoms with Gasteiger partial charge in [0.15, 0.2) is 0 Å². The molecule has 0 N–H and O–H groups in total. The van der Waals surface area contributed by atoms with Gasteiger partial charge in [0.2, 0.25) is 0 Å². The number of rotatable bonds is 63. The van der Waals surface area contributed by atoms with E-state index in [1.54, 1.807) is 7.11 Å². The van der Waals surface area contributed by atoms with Crippen LogP contribution in [0.1, 0.15) is 43.2 Å². The number of unbranched alkanes of at least 4 members (excludes halogenated alkanes) is 4. The Morgan fingerprint density at radius 2 is 0.451 bits per heavy atom. The highest BCUT2D eigenvalue weighted by Crippen LogP contribution is 2.11. The molecule has 19 nitrogen and oxygen atoms in total. The zero-order chi connectivity index (χ0) is 50.5. The maximum absolute atomic E-state index is 5.68. The fourth-order valence-corrected chi connectivity index (χ4v) is 5.87. The molecule has 0 aliphatic heterocycles. The number of ether oxygens (including phenoxy) is 19. The van der Waals surface area contributed by atoms with Crippen LogP contribution < -0.4 is 0 Å². The second kappa shape index (κ2) is 60.8. The van der Waals surface area contributed by atoms with E-state index in [4.69, 9.17) is 90.0 Å². The maximum Gasteiger partial charge on any atom is 0.0701 e. The van der Waals surface area contributed by atoms with E-state index in [1.807, 2.05) is 6.08 Å². The van der Waals surface area contributed by atoms with Crippen molar-refractivity contribution in [2.45, 2.75) is 38.5 Å². The fourth-order valence-electron chi connectivity index (χ4n) is 5.87. The number of aryl methyl sites for hydroxylation is 1. The van der Waals surface area contributed by atoms with Crippen LogP contribution in [0.25, 0.3) is 6.08 Å². The first-order chi connectivity index (χ1) is 35.4. The second-order valence-electron chi connectivity index (χ2n) is 15.5. The van der Waals surface area contributed by atoms with Crippen LogP contribution in [0, 0.1) is 0 Å². The van der Waals surface area contributed by atoms with Crippen molar-refractivity contribution in [2.24, 2.45) is 0 Å². The van der Waals surface area contributed by atoms with E-state index in [1.165, 1.54) is 36.8 Å². The molecule has 0 radical (unpaired) electrons. The quantitative estimate of drug-likeness (QED) is 0.0816. The summed E-state index contributed by atoms with van der Waals surface area (Å²) in [6.45, 7) is 23.3. The topological polar surface area (TPSA) is 175 Å². The molecule has 19 heteroatoms. The highest BCUT2D eigenvalue weighted by atomic mass is 16.6. The molecule has 0 bridgehead atoms. The Balaban J connectivity index is 1.60. The summed E-state index contributed by atoms with van der Waals surface area (Å²) in [6, 6.07) is 8.67. The minimum Gasteiger partial charge on any atom is -0.382 e. The molecule has 0 spiro atoms. The number of methoxy groups -OCH3 is 1. The summed E-state index contributed by atoms with van der Waals surface area (Å²) in [6.07, 6.45) is 9.07. The first kappa shape index (κ1) is 67.2. The molecule has 0 saturated heterocycles. The molecule has 0 amide bonds. The van der Waals surface area contributed by atoms with Gasteiger partial charge in [-0.3, -0.25) is 0 Å². The summed E-state index contributed by atoms with van der Waals surface area (Å²) in [5, 5.41) is 0. The van der Waals surface area contributed by atoms with Gasteiger partial charge < -0.3 is 90.0 Å². The van der Waals surface area contributed by atoms with E-state index in [-0.39, 0.29) is 0 Å². The Kier molecular flexibility index (Phi) is 57.5. The first-order valence-electron chi connectivity index (χ1n) is 26.0. The Labute approximate surface area is 427 Å². The third kappa shape index (κ3) is 55.8. The van der Waals surface area contributed by atoms with Gasteiger partial charge in [-0.25, -0.2) is 0 Å². The van der Waals surface area contributed by atoms with Crippen LogP contribution in [0.3, 0.4) is 0 Å². The molecule has 0 aliphatic rings. The third-order valence-corrected chi connectivity index (χ3v) is 9.73. The summed E-state index contributed by atoms with van der Waals surface area (Å²) >= 11 is 0. The lowest BCUT2D eigenvalue weighted by Crippen LogP contribution is -2.16. The zero-order valence-corrected chi connectivity index (χ0v) is 43.8. The van der Waals surface area contributed by atoms with Crippen molar-refractivity contribution in [1.82, 2.24) is 0 Å². The number of benzene rings is 1. The molecule has 1 aromatic rings. The molecule has 0 fully saturated rings. The predicted molar refractivity (Wildman–Crippen MR) is 270 cm³/mol. The predicted octanol–water partition coefficient (Wildman–Crippen LogP) is 4.77. The van der Waals surface area contributed by atoms with Gasteiger partial charge in [-0.05, 0) is 30.4 Å². The number of hydrogen-bond acceptors (Lipinski definition) is 19. The van der Waals surface area contributed by atoms with E-state index < -0.39 is 0 Å². The average molecular weight is 1030 g/mol. The van der Waals surface area contributed by atoms with Crippen LogP contribution in [0.15, 0.2) is 30.8 Å². The molecule has 0 unspecified atom stereocenters. The second-order valence-corrected chi connectivity index (χ2v) is 15.5. The van der Waals surface area contributed by atoms with Crippen molar-refractivity contribution in [2.75, 3.05) is 252 Å². The van der Waals surface area contributed by atoms with Gasteiger partial charge in [-0.1, -0.05) is 56.2 Å². The van der Waals surface area contributed by atoms with Crippen LogP contribution in [0.4, 0.5) is 0 Å². The highest BCUT2D eigenvalue weighted by Gasteiger charge is 2.00. The Morgan fingerprint density at radius 1 is 0.254 bits per heavy atom. The molecular weight excluding hydrogens is 929 g/mol. The molecular formula is C52H96O19. The van der Waals surface area contributed by atoms with Gasteiger partial charge in [0, 0.05) is 13.7 Å². The van der Waals surface area contributed by atoms with Gasteiger partial charge in [0.25, 0.3) is 0 Å². The van der Waals surface area contributed by atoms with Crippen molar-refractivity contribution >= 4 is 6.08 Å². The number of hydrogen-bond donors (Lipinski definition) is 0. The lowest BCUT2D eigenvalue weighted by Gasteiger charge is -2.09. The van der Waals surface area contributed by atoms with Gasteiger partial charge in [-0.2, -0.15) is 0 Å². The Hall–Kier alpha value is -1.80. The molecule has 418 valence electrons. The zero-order valence-electron chi connectivity index (χ0n) is 43.8. The van der Waals surface area contributed by atoms with E-state index >= 15 is 0 Å². The third-order valence-electron chi connectivity index (χ3n) is 9.73. The van der Waals surface area contributed by atoms with Crippen LogP contribution in [0.2, 0.25) is 0 Å². The molecule has 0 aromatic heterocycles. The summed E-state index contributed by atoms with van der Waals surface area (Å²) in [5.74, 6) is 0. The molecule has 0 saturated carbocycles. The minimum atomic E-state index is 0.495. The maximum atomic E-state index is 5.68. The molecule has 0 heterocycles. The van der Waals surface area contributed by atoms with Crippen LogP contribution in [-0.4, -0.2) is 252 Å². The molecule has 1 rings (SSSR count). The van der Waals surface area contributed by atoms with Gasteiger partial charge >= 0.3 is 0 Å². The van der Waals surface area contributed by atoms with E-state index in [9.17, 15) is 0 Å². The largest absolute Gasteiger partial charge is 0.382 e. The van der Waals surface area contributed by atoms with Gasteiger partial charge in [-0.15, -0.1) is 0 Å². The minimum absolute atomic E-state index is 0.495. The first-order valence-corrected chi connectivity index (χ1v) is 26.0. The van der Waals surface area contributed by atoms with Crippen molar-refractivity contribution in [3.05, 3.63) is 42.0 Å². The molecule has 71 heavy (non-hydrogen) atoms. The van der Waals surface area contributed by atoms with Crippen molar-refractivity contribution in [3.8, 4) is 0 Å². The average Bonchev–Trinajstić information content (AvgIpc) is 3.39. The van der Waals surface area contributed by atoms with Gasteiger partial charge in [0.1, 0.15) is 0 Å². The molecule has 0 atom stereocenters. The molecule has 0 aliphatic carbocycles. The molecule has 1 aromatic carbocycles. The van der Waals surface area contributed by atoms with E-state index in [0.717, 1.165) is 19.4 Å². The Bertz CT molecular complexity index is 1140. The Morgan fingerprint density at radius 3 is 0.676 bits per heavy atom. The van der Waals surface area contributed by atoms with Crippen LogP contribution in [0.5, 0.6) is 0 Å². The van der Waals surface area contributed by atoms with E-state index in [2.05, 4.69) is 30.8 Å². The van der Waals surface area contributed by atoms with Crippen LogP contribution in [-0.2, 0) is 96.4 Å². The SMILES string of the molecule is C=Cc1ccc(CCCCCCCOCCOCCOCCOCCOCCOCCOCCOCCOCCOCCOCCOCCOCCOCCOCCOCCOCCOCCOC)cc1. The fraction of sp³-hybridized carbons (Fsp3) is 0.846. The van der Waals surface area contributed by atoms with E-state index in [0.29, 0.717) is 238 Å². The van der Waals surface area contributed by atoms with Gasteiger partial charge in [0.05, 0.1) is 238 Å². The van der Waals surface area contributed by atoms with Crippen molar-refractivity contribution < 1.29 is 90.0 Å². The van der Waals surface area contributed by atoms with Crippen molar-refractivity contribution in [1.29, 1.82) is 0 Å². The summed E-state index contributed by atoms with van der Waals surface area (Å²) < 4.78 is 104. The smallest absolute Gasteiger partial charge is 0.0701 e. The standard InChI is InChI=1S/C52H96O19/c1-3-51-10-12-52(13-11-51)9-7-5-4-6-8-14-54-17-18-56-21-22-58-25-26-60-29-30-62-33-34-64-37-38-66-41-42-68-45-46-70-49-50-71-48-47-69-44-43-67-40-39-65-36-35-63-32-31-61-28-27-59-24-23-57-20-19-55-16-15-53-2/h3,10-13H,1,4-9,14-50H2,2H3. The summed E-state index contributed by atoms with van der Waals surface area (Å²) in [5.41, 5.74) is 2.58. The van der Waals surface area contributed by atoms with Crippen LogP contribution >= 0.6 is 0 Å². The lowest BCUT2D eigenvalue weighted by molar-refractivity contribution is -0.0311. The monoisotopic (exact) mass is 1020 g/mol.